The topological polar surface area (TPSA) is 63.2 Å². The molecule has 3 rings (SSSR count). The van der Waals surface area contributed by atoms with Crippen molar-refractivity contribution in [3.63, 3.8) is 0 Å². The van der Waals surface area contributed by atoms with E-state index in [2.05, 4.69) is 15.6 Å². The molecule has 1 aromatic carbocycles. The van der Waals surface area contributed by atoms with Crippen molar-refractivity contribution in [3.8, 4) is 0 Å². The molecule has 0 radical (unpaired) electrons. The Balaban J connectivity index is 1.59. The summed E-state index contributed by atoms with van der Waals surface area (Å²) in [6, 6.07) is 4.03. The molecule has 0 aliphatic carbocycles. The van der Waals surface area contributed by atoms with Crippen LogP contribution in [0.5, 0.6) is 0 Å². The Labute approximate surface area is 119 Å². The molecule has 1 aliphatic heterocycles. The van der Waals surface area contributed by atoms with Gasteiger partial charge < -0.3 is 10.1 Å². The summed E-state index contributed by atoms with van der Waals surface area (Å²) in [4.78, 5) is 15.9. The normalized spacial score (nSPS) is 18.4. The standard InChI is InChI=1S/C13H14FN3O2S/c14-8-3-4-10-11(6-8)20-13(16-10)17-12(18)15-7-9-2-1-5-19-9/h3-4,6,9H,1-2,5,7H2,(H2,15,16,17,18). The maximum atomic E-state index is 13.1. The SMILES string of the molecule is O=C(NCC1CCCO1)Nc1nc2ccc(F)cc2s1. The van der Waals surface area contributed by atoms with E-state index >= 15 is 0 Å². The number of carbonyl (C=O) groups is 1. The number of rotatable bonds is 3. The summed E-state index contributed by atoms with van der Waals surface area (Å²) in [5, 5.41) is 5.85. The maximum absolute atomic E-state index is 13.1. The fourth-order valence-corrected chi connectivity index (χ4v) is 2.99. The number of anilines is 1. The van der Waals surface area contributed by atoms with Crippen LogP contribution in [-0.4, -0.2) is 30.3 Å². The van der Waals surface area contributed by atoms with E-state index in [1.807, 2.05) is 0 Å². The lowest BCUT2D eigenvalue weighted by atomic mass is 10.2. The molecule has 2 aromatic rings. The summed E-state index contributed by atoms with van der Waals surface area (Å²) in [7, 11) is 0. The zero-order chi connectivity index (χ0) is 13.9. The Hall–Kier alpha value is -1.73. The van der Waals surface area contributed by atoms with Gasteiger partial charge in [-0.3, -0.25) is 5.32 Å². The lowest BCUT2D eigenvalue weighted by molar-refractivity contribution is 0.112. The Kier molecular flexibility index (Phi) is 3.79. The number of thiazole rings is 1. The second-order valence-electron chi connectivity index (χ2n) is 4.60. The Morgan fingerprint density at radius 1 is 1.55 bits per heavy atom. The second-order valence-corrected chi connectivity index (χ2v) is 5.63. The lowest BCUT2D eigenvalue weighted by Crippen LogP contribution is -2.34. The number of urea groups is 1. The van der Waals surface area contributed by atoms with Gasteiger partial charge in [0.15, 0.2) is 5.13 Å². The van der Waals surface area contributed by atoms with Gasteiger partial charge in [-0.25, -0.2) is 14.2 Å². The number of amides is 2. The Morgan fingerprint density at radius 3 is 3.25 bits per heavy atom. The minimum atomic E-state index is -0.319. The van der Waals surface area contributed by atoms with Crippen LogP contribution in [0.1, 0.15) is 12.8 Å². The van der Waals surface area contributed by atoms with Gasteiger partial charge in [0.1, 0.15) is 5.82 Å². The molecule has 2 heterocycles. The van der Waals surface area contributed by atoms with Crippen LogP contribution in [0.2, 0.25) is 0 Å². The van der Waals surface area contributed by atoms with Crippen molar-refractivity contribution in [2.45, 2.75) is 18.9 Å². The van der Waals surface area contributed by atoms with Crippen molar-refractivity contribution >= 4 is 32.7 Å². The fourth-order valence-electron chi connectivity index (χ4n) is 2.11. The lowest BCUT2D eigenvalue weighted by Gasteiger charge is -2.10. The average Bonchev–Trinajstić information content (AvgIpc) is 3.04. The van der Waals surface area contributed by atoms with Crippen molar-refractivity contribution in [2.24, 2.45) is 0 Å². The van der Waals surface area contributed by atoms with Gasteiger partial charge in [0.2, 0.25) is 0 Å². The molecule has 20 heavy (non-hydrogen) atoms. The smallest absolute Gasteiger partial charge is 0.321 e. The van der Waals surface area contributed by atoms with Crippen LogP contribution < -0.4 is 10.6 Å². The number of aromatic nitrogens is 1. The summed E-state index contributed by atoms with van der Waals surface area (Å²) in [5.41, 5.74) is 0.672. The monoisotopic (exact) mass is 295 g/mol. The first kappa shape index (κ1) is 13.3. The number of nitrogens with zero attached hydrogens (tertiary/aromatic N) is 1. The number of halogens is 1. The van der Waals surface area contributed by atoms with Crippen LogP contribution in [0.15, 0.2) is 18.2 Å². The molecule has 2 amide bonds. The Morgan fingerprint density at radius 2 is 2.45 bits per heavy atom. The van der Waals surface area contributed by atoms with Crippen LogP contribution in [0, 0.1) is 5.82 Å². The largest absolute Gasteiger partial charge is 0.376 e. The maximum Gasteiger partial charge on any atom is 0.321 e. The number of ether oxygens (including phenoxy) is 1. The summed E-state index contributed by atoms with van der Waals surface area (Å²) in [5.74, 6) is -0.310. The van der Waals surface area contributed by atoms with E-state index in [1.165, 1.54) is 23.5 Å². The van der Waals surface area contributed by atoms with Crippen LogP contribution >= 0.6 is 11.3 Å². The zero-order valence-corrected chi connectivity index (χ0v) is 11.5. The number of nitrogens with one attached hydrogen (secondary N) is 2. The highest BCUT2D eigenvalue weighted by atomic mass is 32.1. The number of carbonyl (C=O) groups excluding carboxylic acids is 1. The van der Waals surface area contributed by atoms with Crippen LogP contribution in [-0.2, 0) is 4.74 Å². The van der Waals surface area contributed by atoms with Crippen LogP contribution in [0.3, 0.4) is 0 Å². The highest BCUT2D eigenvalue weighted by molar-refractivity contribution is 7.22. The third kappa shape index (κ3) is 3.05. The molecule has 5 nitrogen and oxygen atoms in total. The van der Waals surface area contributed by atoms with Crippen molar-refractivity contribution in [3.05, 3.63) is 24.0 Å². The molecule has 0 saturated carbocycles. The highest BCUT2D eigenvalue weighted by Gasteiger charge is 2.16. The third-order valence-electron chi connectivity index (χ3n) is 3.09. The first-order valence-corrected chi connectivity index (χ1v) is 7.25. The fraction of sp³-hybridized carbons (Fsp3) is 0.385. The molecule has 1 aromatic heterocycles. The van der Waals surface area contributed by atoms with Gasteiger partial charge in [0, 0.05) is 13.2 Å². The van der Waals surface area contributed by atoms with Gasteiger partial charge in [0.25, 0.3) is 0 Å². The summed E-state index contributed by atoms with van der Waals surface area (Å²) < 4.78 is 19.2. The molecular weight excluding hydrogens is 281 g/mol. The molecule has 0 bridgehead atoms. The zero-order valence-electron chi connectivity index (χ0n) is 10.7. The molecule has 1 atom stereocenters. The van der Waals surface area contributed by atoms with E-state index < -0.39 is 0 Å². The van der Waals surface area contributed by atoms with E-state index in [1.54, 1.807) is 6.07 Å². The first-order chi connectivity index (χ1) is 9.70. The van der Waals surface area contributed by atoms with Gasteiger partial charge in [-0.15, -0.1) is 0 Å². The predicted octanol–water partition coefficient (Wildman–Crippen LogP) is 2.74. The van der Waals surface area contributed by atoms with E-state index in [9.17, 15) is 9.18 Å². The number of hydrogen-bond donors (Lipinski definition) is 2. The Bertz CT molecular complexity index is 625. The molecular formula is C13H14FN3O2S. The van der Waals surface area contributed by atoms with Gasteiger partial charge in [-0.05, 0) is 31.0 Å². The van der Waals surface area contributed by atoms with E-state index in [0.29, 0.717) is 21.9 Å². The van der Waals surface area contributed by atoms with Crippen molar-refractivity contribution < 1.29 is 13.9 Å². The third-order valence-corrected chi connectivity index (χ3v) is 4.02. The molecule has 1 aliphatic rings. The van der Waals surface area contributed by atoms with Gasteiger partial charge in [-0.2, -0.15) is 0 Å². The number of fused-ring (bicyclic) bond motifs is 1. The van der Waals surface area contributed by atoms with Crippen LogP contribution in [0.25, 0.3) is 10.2 Å². The molecule has 1 unspecified atom stereocenters. The molecule has 2 N–H and O–H groups in total. The average molecular weight is 295 g/mol. The second kappa shape index (κ2) is 5.72. The van der Waals surface area contributed by atoms with E-state index in [0.717, 1.165) is 19.4 Å². The summed E-state index contributed by atoms with van der Waals surface area (Å²) in [6.07, 6.45) is 2.11. The van der Waals surface area contributed by atoms with Crippen molar-refractivity contribution in [2.75, 3.05) is 18.5 Å². The summed E-state index contributed by atoms with van der Waals surface area (Å²) >= 11 is 1.24. The van der Waals surface area contributed by atoms with E-state index in [4.69, 9.17) is 4.74 Å². The van der Waals surface area contributed by atoms with Crippen LogP contribution in [0.4, 0.5) is 14.3 Å². The minimum Gasteiger partial charge on any atom is -0.376 e. The van der Waals surface area contributed by atoms with Crippen molar-refractivity contribution in [1.29, 1.82) is 0 Å². The number of hydrogen-bond acceptors (Lipinski definition) is 4. The molecule has 0 spiro atoms. The van der Waals surface area contributed by atoms with Gasteiger partial charge in [0.05, 0.1) is 16.3 Å². The molecule has 7 heteroatoms. The van der Waals surface area contributed by atoms with Gasteiger partial charge >= 0.3 is 6.03 Å². The highest BCUT2D eigenvalue weighted by Crippen LogP contribution is 2.26. The molecule has 1 fully saturated rings. The van der Waals surface area contributed by atoms with E-state index in [-0.39, 0.29) is 18.0 Å². The summed E-state index contributed by atoms with van der Waals surface area (Å²) in [6.45, 7) is 1.25. The van der Waals surface area contributed by atoms with Gasteiger partial charge in [-0.1, -0.05) is 11.3 Å². The number of benzene rings is 1. The molecule has 106 valence electrons. The van der Waals surface area contributed by atoms with Crippen molar-refractivity contribution in [1.82, 2.24) is 10.3 Å². The minimum absolute atomic E-state index is 0.102. The first-order valence-electron chi connectivity index (χ1n) is 6.43. The quantitative estimate of drug-likeness (QED) is 0.915. The predicted molar refractivity (Wildman–Crippen MR) is 75.6 cm³/mol. The molecule has 1 saturated heterocycles.